The summed E-state index contributed by atoms with van der Waals surface area (Å²) >= 11 is 10.9. The van der Waals surface area contributed by atoms with E-state index in [-0.39, 0.29) is 5.91 Å². The molecule has 1 aromatic heterocycles. The number of hydrogen-bond donors (Lipinski definition) is 0. The molecule has 96 valence electrons. The molecule has 0 aromatic carbocycles. The molecule has 0 unspecified atom stereocenters. The Hall–Kier alpha value is -0.0600. The Morgan fingerprint density at radius 1 is 1.53 bits per heavy atom. The van der Waals surface area contributed by atoms with Crippen LogP contribution in [0.1, 0.15) is 25.6 Å². The molecule has 0 saturated carbocycles. The average molecular weight is 339 g/mol. The van der Waals surface area contributed by atoms with Crippen LogP contribution in [0.15, 0.2) is 15.9 Å². The van der Waals surface area contributed by atoms with Crippen LogP contribution in [0.25, 0.3) is 0 Å². The summed E-state index contributed by atoms with van der Waals surface area (Å²) in [4.78, 5) is 15.3. The molecule has 1 amide bonds. The molecule has 0 atom stereocenters. The molecule has 0 saturated heterocycles. The van der Waals surface area contributed by atoms with Crippen LogP contribution in [-0.4, -0.2) is 23.2 Å². The van der Waals surface area contributed by atoms with E-state index in [0.717, 1.165) is 3.79 Å². The van der Waals surface area contributed by atoms with Crippen molar-refractivity contribution in [2.75, 3.05) is 12.4 Å². The fourth-order valence-electron chi connectivity index (χ4n) is 1.44. The number of nitrogens with zero attached hydrogens (tertiary/aromatic N) is 1. The van der Waals surface area contributed by atoms with E-state index in [0.29, 0.717) is 19.0 Å². The van der Waals surface area contributed by atoms with Gasteiger partial charge in [-0.15, -0.1) is 22.9 Å². The minimum Gasteiger partial charge on any atom is -0.337 e. The molecule has 0 aliphatic heterocycles. The second kappa shape index (κ2) is 6.21. The second-order valence-corrected chi connectivity index (χ2v) is 7.36. The van der Waals surface area contributed by atoms with Crippen molar-refractivity contribution < 1.29 is 4.79 Å². The Morgan fingerprint density at radius 2 is 2.18 bits per heavy atom. The van der Waals surface area contributed by atoms with Gasteiger partial charge in [-0.05, 0) is 48.8 Å². The molecule has 1 heterocycles. The number of rotatable bonds is 5. The number of carbonyl (C=O) groups excluding carboxylic acids is 1. The van der Waals surface area contributed by atoms with Gasteiger partial charge >= 0.3 is 0 Å². The molecule has 0 N–H and O–H groups in total. The highest BCUT2D eigenvalue weighted by molar-refractivity contribution is 9.11. The highest BCUT2D eigenvalue weighted by Gasteiger charge is 2.30. The molecule has 0 bridgehead atoms. The first-order valence-electron chi connectivity index (χ1n) is 5.50. The third-order valence-corrected chi connectivity index (χ3v) is 4.83. The summed E-state index contributed by atoms with van der Waals surface area (Å²) in [6.07, 6.45) is 0. The van der Waals surface area contributed by atoms with Gasteiger partial charge in [0.15, 0.2) is 0 Å². The Bertz CT molecular complexity index is 392. The molecule has 5 heteroatoms. The summed E-state index contributed by atoms with van der Waals surface area (Å²) in [5.74, 6) is 0.454. The highest BCUT2D eigenvalue weighted by atomic mass is 79.9. The van der Waals surface area contributed by atoms with Gasteiger partial charge in [0.2, 0.25) is 5.91 Å². The van der Waals surface area contributed by atoms with E-state index < -0.39 is 5.41 Å². The van der Waals surface area contributed by atoms with Crippen LogP contribution in [0, 0.1) is 5.41 Å². The Labute approximate surface area is 120 Å². The maximum Gasteiger partial charge on any atom is 0.229 e. The number of halogens is 2. The van der Waals surface area contributed by atoms with Gasteiger partial charge in [-0.1, -0.05) is 0 Å². The largest absolute Gasteiger partial charge is 0.337 e. The van der Waals surface area contributed by atoms with Gasteiger partial charge in [0.25, 0.3) is 0 Å². The quantitative estimate of drug-likeness (QED) is 0.739. The first-order chi connectivity index (χ1) is 7.90. The van der Waals surface area contributed by atoms with Crippen LogP contribution in [0.2, 0.25) is 0 Å². The Balaban J connectivity index is 2.75. The summed E-state index contributed by atoms with van der Waals surface area (Å²) in [7, 11) is 0. The van der Waals surface area contributed by atoms with Crippen molar-refractivity contribution in [1.82, 2.24) is 4.90 Å². The molecule has 0 aliphatic rings. The third-order valence-electron chi connectivity index (χ3n) is 2.56. The lowest BCUT2D eigenvalue weighted by Gasteiger charge is -2.29. The maximum atomic E-state index is 12.3. The SMILES string of the molecule is CCN(Cc1ccc(Br)s1)C(=O)C(C)(C)CCl. The predicted octanol–water partition coefficient (Wildman–Crippen LogP) is 4.12. The molecule has 0 fully saturated rings. The van der Waals surface area contributed by atoms with Gasteiger partial charge in [-0.3, -0.25) is 4.79 Å². The minimum absolute atomic E-state index is 0.111. The predicted molar refractivity (Wildman–Crippen MR) is 77.6 cm³/mol. The number of alkyl halides is 1. The lowest BCUT2D eigenvalue weighted by atomic mass is 9.94. The first-order valence-corrected chi connectivity index (χ1v) is 7.64. The molecule has 0 aliphatic carbocycles. The van der Waals surface area contributed by atoms with Crippen LogP contribution >= 0.6 is 38.9 Å². The second-order valence-electron chi connectivity index (χ2n) is 4.54. The van der Waals surface area contributed by atoms with Crippen molar-refractivity contribution in [2.45, 2.75) is 27.3 Å². The third kappa shape index (κ3) is 3.97. The van der Waals surface area contributed by atoms with Crippen LogP contribution in [0.3, 0.4) is 0 Å². The normalized spacial score (nSPS) is 11.6. The van der Waals surface area contributed by atoms with Crippen molar-refractivity contribution in [1.29, 1.82) is 0 Å². The maximum absolute atomic E-state index is 12.3. The molecular formula is C12H17BrClNOS. The van der Waals surface area contributed by atoms with Crippen LogP contribution in [-0.2, 0) is 11.3 Å². The Morgan fingerprint density at radius 3 is 2.59 bits per heavy atom. The summed E-state index contributed by atoms with van der Waals surface area (Å²) in [5, 5.41) is 0. The van der Waals surface area contributed by atoms with E-state index in [9.17, 15) is 4.79 Å². The molecule has 0 spiro atoms. The fraction of sp³-hybridized carbons (Fsp3) is 0.583. The van der Waals surface area contributed by atoms with Gasteiger partial charge in [-0.2, -0.15) is 0 Å². The van der Waals surface area contributed by atoms with E-state index in [1.807, 2.05) is 37.8 Å². The summed E-state index contributed by atoms with van der Waals surface area (Å²) < 4.78 is 1.09. The van der Waals surface area contributed by atoms with Gasteiger partial charge in [-0.25, -0.2) is 0 Å². The smallest absolute Gasteiger partial charge is 0.229 e. The van der Waals surface area contributed by atoms with E-state index in [4.69, 9.17) is 11.6 Å². The van der Waals surface area contributed by atoms with Gasteiger partial charge in [0.05, 0.1) is 15.7 Å². The van der Waals surface area contributed by atoms with Crippen molar-refractivity contribution in [3.63, 3.8) is 0 Å². The highest BCUT2D eigenvalue weighted by Crippen LogP contribution is 2.26. The zero-order valence-electron chi connectivity index (χ0n) is 10.3. The zero-order valence-corrected chi connectivity index (χ0v) is 13.5. The average Bonchev–Trinajstić information content (AvgIpc) is 2.70. The van der Waals surface area contributed by atoms with Crippen LogP contribution in [0.5, 0.6) is 0 Å². The standard InChI is InChI=1S/C12H17BrClNOS/c1-4-15(11(16)12(2,3)8-14)7-9-5-6-10(13)17-9/h5-6H,4,7-8H2,1-3H3. The summed E-state index contributed by atoms with van der Waals surface area (Å²) in [5.41, 5.74) is -0.494. The van der Waals surface area contributed by atoms with Crippen LogP contribution < -0.4 is 0 Å². The molecule has 0 radical (unpaired) electrons. The fourth-order valence-corrected chi connectivity index (χ4v) is 3.05. The first kappa shape index (κ1) is 15.0. The summed E-state index contributed by atoms with van der Waals surface area (Å²) in [6.45, 7) is 7.12. The molecule has 17 heavy (non-hydrogen) atoms. The van der Waals surface area contributed by atoms with Crippen molar-refractivity contribution in [3.05, 3.63) is 20.8 Å². The minimum atomic E-state index is -0.494. The van der Waals surface area contributed by atoms with E-state index >= 15 is 0 Å². The number of amides is 1. The Kier molecular flexibility index (Phi) is 5.48. The number of carbonyl (C=O) groups is 1. The van der Waals surface area contributed by atoms with E-state index in [2.05, 4.69) is 15.9 Å². The topological polar surface area (TPSA) is 20.3 Å². The van der Waals surface area contributed by atoms with E-state index in [1.54, 1.807) is 11.3 Å². The van der Waals surface area contributed by atoms with Gasteiger partial charge < -0.3 is 4.90 Å². The zero-order chi connectivity index (χ0) is 13.1. The van der Waals surface area contributed by atoms with Gasteiger partial charge in [0, 0.05) is 17.3 Å². The van der Waals surface area contributed by atoms with Crippen LogP contribution in [0.4, 0.5) is 0 Å². The number of hydrogen-bond acceptors (Lipinski definition) is 2. The van der Waals surface area contributed by atoms with Crippen molar-refractivity contribution in [2.24, 2.45) is 5.41 Å². The lowest BCUT2D eigenvalue weighted by Crippen LogP contribution is -2.41. The molecular weight excluding hydrogens is 322 g/mol. The number of thiophene rings is 1. The molecule has 1 rings (SSSR count). The monoisotopic (exact) mass is 337 g/mol. The molecule has 2 nitrogen and oxygen atoms in total. The lowest BCUT2D eigenvalue weighted by molar-refractivity contribution is -0.139. The van der Waals surface area contributed by atoms with Crippen molar-refractivity contribution >= 4 is 44.8 Å². The molecule has 1 aromatic rings. The van der Waals surface area contributed by atoms with E-state index in [1.165, 1.54) is 4.88 Å². The van der Waals surface area contributed by atoms with Crippen molar-refractivity contribution in [3.8, 4) is 0 Å². The summed E-state index contributed by atoms with van der Waals surface area (Å²) in [6, 6.07) is 4.05. The van der Waals surface area contributed by atoms with Gasteiger partial charge in [0.1, 0.15) is 0 Å².